The number of nitrogens with one attached hydrogen (secondary N) is 2. The zero-order valence-electron chi connectivity index (χ0n) is 12.9. The first kappa shape index (κ1) is 18.0. The molecule has 0 aromatic rings. The Bertz CT molecular complexity index is 239. The quantitative estimate of drug-likeness (QED) is 0.499. The van der Waals surface area contributed by atoms with E-state index in [1.54, 1.807) is 0 Å². The second kappa shape index (κ2) is 13.4. The Hall–Kier alpha value is -0.990. The lowest BCUT2D eigenvalue weighted by Crippen LogP contribution is -2.24. The molecule has 0 aliphatic carbocycles. The lowest BCUT2D eigenvalue weighted by atomic mass is 10.2. The van der Waals surface area contributed by atoms with E-state index in [1.165, 1.54) is 6.42 Å². The van der Waals surface area contributed by atoms with E-state index in [0.717, 1.165) is 63.7 Å². The zero-order chi connectivity index (χ0) is 14.3. The van der Waals surface area contributed by atoms with Crippen molar-refractivity contribution in [1.82, 2.24) is 10.6 Å². The van der Waals surface area contributed by atoms with Crippen molar-refractivity contribution in [3.63, 3.8) is 0 Å². The zero-order valence-corrected chi connectivity index (χ0v) is 12.9. The Morgan fingerprint density at radius 3 is 2.16 bits per heavy atom. The highest BCUT2D eigenvalue weighted by Gasteiger charge is 1.99. The minimum absolute atomic E-state index is 0.211. The topological polar surface area (TPSA) is 41.1 Å². The lowest BCUT2D eigenvalue weighted by molar-refractivity contribution is -0.121. The van der Waals surface area contributed by atoms with Crippen molar-refractivity contribution in [2.24, 2.45) is 0 Å². The van der Waals surface area contributed by atoms with Gasteiger partial charge in [-0.25, -0.2) is 0 Å². The van der Waals surface area contributed by atoms with Crippen molar-refractivity contribution in [3.05, 3.63) is 12.3 Å². The van der Waals surface area contributed by atoms with Gasteiger partial charge >= 0.3 is 0 Å². The molecule has 0 heterocycles. The highest BCUT2D eigenvalue weighted by Crippen LogP contribution is 2.00. The minimum atomic E-state index is 0.211. The second-order valence-electron chi connectivity index (χ2n) is 5.15. The van der Waals surface area contributed by atoms with Crippen LogP contribution in [0.5, 0.6) is 0 Å². The smallest absolute Gasteiger partial charge is 0.219 e. The molecule has 0 fully saturated rings. The number of carbonyl (C=O) groups is 1. The SMILES string of the molecule is C=C(CCC)NCCCCCNC(=O)CCCCC. The summed E-state index contributed by atoms with van der Waals surface area (Å²) in [6.45, 7) is 10.1. The molecule has 0 aromatic heterocycles. The van der Waals surface area contributed by atoms with Crippen LogP contribution < -0.4 is 10.6 Å². The monoisotopic (exact) mass is 268 g/mol. The van der Waals surface area contributed by atoms with Crippen LogP contribution in [0.1, 0.15) is 71.6 Å². The summed E-state index contributed by atoms with van der Waals surface area (Å²) in [5, 5.41) is 6.32. The van der Waals surface area contributed by atoms with Gasteiger partial charge in [0.15, 0.2) is 0 Å². The number of unbranched alkanes of at least 4 members (excludes halogenated alkanes) is 4. The molecule has 3 heteroatoms. The maximum absolute atomic E-state index is 11.4. The maximum Gasteiger partial charge on any atom is 0.219 e. The molecule has 112 valence electrons. The number of hydrogen-bond donors (Lipinski definition) is 2. The van der Waals surface area contributed by atoms with Crippen LogP contribution in [0.15, 0.2) is 12.3 Å². The lowest BCUT2D eigenvalue weighted by Gasteiger charge is -2.08. The molecule has 0 saturated heterocycles. The Morgan fingerprint density at radius 2 is 1.53 bits per heavy atom. The van der Waals surface area contributed by atoms with E-state index >= 15 is 0 Å². The molecule has 0 atom stereocenters. The molecule has 0 bridgehead atoms. The number of carbonyl (C=O) groups excluding carboxylic acids is 1. The van der Waals surface area contributed by atoms with Crippen LogP contribution in [0.3, 0.4) is 0 Å². The summed E-state index contributed by atoms with van der Waals surface area (Å²) in [6.07, 6.45) is 9.61. The van der Waals surface area contributed by atoms with Gasteiger partial charge in [0.2, 0.25) is 5.91 Å². The summed E-state index contributed by atoms with van der Waals surface area (Å²) in [4.78, 5) is 11.4. The predicted octanol–water partition coefficient (Wildman–Crippen LogP) is 3.76. The molecule has 1 amide bonds. The van der Waals surface area contributed by atoms with Gasteiger partial charge in [-0.15, -0.1) is 0 Å². The third-order valence-corrected chi connectivity index (χ3v) is 3.11. The third kappa shape index (κ3) is 13.2. The van der Waals surface area contributed by atoms with Crippen molar-refractivity contribution in [3.8, 4) is 0 Å². The second-order valence-corrected chi connectivity index (χ2v) is 5.15. The van der Waals surface area contributed by atoms with Crippen LogP contribution in [0.2, 0.25) is 0 Å². The molecule has 0 radical (unpaired) electrons. The molecular formula is C16H32N2O. The molecule has 19 heavy (non-hydrogen) atoms. The Kier molecular flexibility index (Phi) is 12.7. The van der Waals surface area contributed by atoms with Gasteiger partial charge in [0, 0.05) is 25.2 Å². The van der Waals surface area contributed by atoms with Gasteiger partial charge in [0.1, 0.15) is 0 Å². The van der Waals surface area contributed by atoms with E-state index in [0.29, 0.717) is 6.42 Å². The Balaban J connectivity index is 3.22. The number of allylic oxidation sites excluding steroid dienone is 1. The molecular weight excluding hydrogens is 236 g/mol. The molecule has 0 unspecified atom stereocenters. The number of hydrogen-bond acceptors (Lipinski definition) is 2. The summed E-state index contributed by atoms with van der Waals surface area (Å²) < 4.78 is 0. The highest BCUT2D eigenvalue weighted by atomic mass is 16.1. The van der Waals surface area contributed by atoms with Crippen LogP contribution in [0.25, 0.3) is 0 Å². The van der Waals surface area contributed by atoms with Crippen LogP contribution in [0.4, 0.5) is 0 Å². The van der Waals surface area contributed by atoms with Gasteiger partial charge in [0.25, 0.3) is 0 Å². The first-order chi connectivity index (χ1) is 9.20. The van der Waals surface area contributed by atoms with E-state index in [2.05, 4.69) is 31.1 Å². The summed E-state index contributed by atoms with van der Waals surface area (Å²) in [5.74, 6) is 0.211. The molecule has 0 rings (SSSR count). The fourth-order valence-electron chi connectivity index (χ4n) is 1.93. The van der Waals surface area contributed by atoms with E-state index < -0.39 is 0 Å². The minimum Gasteiger partial charge on any atom is -0.389 e. The van der Waals surface area contributed by atoms with Gasteiger partial charge in [-0.05, 0) is 32.1 Å². The first-order valence-corrected chi connectivity index (χ1v) is 7.89. The van der Waals surface area contributed by atoms with Crippen molar-refractivity contribution in [2.75, 3.05) is 13.1 Å². The van der Waals surface area contributed by atoms with Crippen molar-refractivity contribution in [1.29, 1.82) is 0 Å². The van der Waals surface area contributed by atoms with Crippen LogP contribution in [-0.4, -0.2) is 19.0 Å². The Labute approximate surface area is 119 Å². The van der Waals surface area contributed by atoms with Crippen LogP contribution in [-0.2, 0) is 4.79 Å². The van der Waals surface area contributed by atoms with E-state index in [9.17, 15) is 4.79 Å². The summed E-state index contributed by atoms with van der Waals surface area (Å²) in [5.41, 5.74) is 1.15. The molecule has 0 aromatic carbocycles. The molecule has 2 N–H and O–H groups in total. The van der Waals surface area contributed by atoms with Gasteiger partial charge in [-0.3, -0.25) is 4.79 Å². The largest absolute Gasteiger partial charge is 0.389 e. The Morgan fingerprint density at radius 1 is 0.842 bits per heavy atom. The fraction of sp³-hybridized carbons (Fsp3) is 0.812. The van der Waals surface area contributed by atoms with E-state index in [-0.39, 0.29) is 5.91 Å². The summed E-state index contributed by atoms with van der Waals surface area (Å²) >= 11 is 0. The summed E-state index contributed by atoms with van der Waals surface area (Å²) in [6, 6.07) is 0. The predicted molar refractivity (Wildman–Crippen MR) is 83.1 cm³/mol. The van der Waals surface area contributed by atoms with Crippen LogP contribution in [0, 0.1) is 0 Å². The summed E-state index contributed by atoms with van der Waals surface area (Å²) in [7, 11) is 0. The van der Waals surface area contributed by atoms with Gasteiger partial charge in [0.05, 0.1) is 0 Å². The van der Waals surface area contributed by atoms with Gasteiger partial charge in [-0.2, -0.15) is 0 Å². The van der Waals surface area contributed by atoms with E-state index in [4.69, 9.17) is 0 Å². The van der Waals surface area contributed by atoms with Gasteiger partial charge in [-0.1, -0.05) is 39.7 Å². The molecule has 0 aliphatic rings. The van der Waals surface area contributed by atoms with Crippen molar-refractivity contribution in [2.45, 2.75) is 71.6 Å². The normalized spacial score (nSPS) is 10.2. The van der Waals surface area contributed by atoms with E-state index in [1.807, 2.05) is 0 Å². The molecule has 0 aliphatic heterocycles. The fourth-order valence-corrected chi connectivity index (χ4v) is 1.93. The van der Waals surface area contributed by atoms with Gasteiger partial charge < -0.3 is 10.6 Å². The molecule has 3 nitrogen and oxygen atoms in total. The first-order valence-electron chi connectivity index (χ1n) is 7.89. The van der Waals surface area contributed by atoms with Crippen LogP contribution >= 0.6 is 0 Å². The average molecular weight is 268 g/mol. The number of amides is 1. The van der Waals surface area contributed by atoms with Crippen molar-refractivity contribution < 1.29 is 4.79 Å². The molecule has 0 saturated carbocycles. The highest BCUT2D eigenvalue weighted by molar-refractivity contribution is 5.75. The molecule has 0 spiro atoms. The average Bonchev–Trinajstić information content (AvgIpc) is 2.38. The van der Waals surface area contributed by atoms with Crippen molar-refractivity contribution >= 4 is 5.91 Å². The number of rotatable bonds is 13. The standard InChI is InChI=1S/C16H32N2O/c1-4-6-8-12-16(19)18-14-10-7-9-13-17-15(3)11-5-2/h17H,3-14H2,1-2H3,(H,18,19). The third-order valence-electron chi connectivity index (χ3n) is 3.11. The maximum atomic E-state index is 11.4.